The van der Waals surface area contributed by atoms with Gasteiger partial charge in [0.25, 0.3) is 0 Å². The summed E-state index contributed by atoms with van der Waals surface area (Å²) in [7, 11) is 0. The molecule has 0 unspecified atom stereocenters. The molecule has 0 bridgehead atoms. The van der Waals surface area contributed by atoms with Crippen LogP contribution in [0, 0.1) is 11.8 Å². The summed E-state index contributed by atoms with van der Waals surface area (Å²) in [4.78, 5) is 22.3. The smallest absolute Gasteiger partial charge is 0.303 e. The van der Waals surface area contributed by atoms with Crippen molar-refractivity contribution in [2.24, 2.45) is 0 Å². The van der Waals surface area contributed by atoms with Crippen molar-refractivity contribution < 1.29 is 23.8 Å². The lowest BCUT2D eigenvalue weighted by molar-refractivity contribution is -0.161. The molecule has 0 spiro atoms. The van der Waals surface area contributed by atoms with Crippen LogP contribution < -0.4 is 0 Å². The number of unbranched alkanes of at least 4 members (excludes halogenated alkanes) is 2. The number of carbonyl (C=O) groups excluding carboxylic acids is 2. The van der Waals surface area contributed by atoms with Gasteiger partial charge in [-0.15, -0.1) is 0 Å². The van der Waals surface area contributed by atoms with Crippen LogP contribution in [0.3, 0.4) is 0 Å². The maximum Gasteiger partial charge on any atom is 0.303 e. The Hall–Kier alpha value is -2.58. The second-order valence-electron chi connectivity index (χ2n) is 6.78. The van der Waals surface area contributed by atoms with Crippen LogP contribution in [0.5, 0.6) is 0 Å². The lowest BCUT2D eigenvalue weighted by Gasteiger charge is -2.29. The molecule has 3 atom stereocenters. The first-order valence-corrected chi connectivity index (χ1v) is 9.72. The fourth-order valence-corrected chi connectivity index (χ4v) is 2.86. The van der Waals surface area contributed by atoms with Crippen LogP contribution in [0.25, 0.3) is 0 Å². The van der Waals surface area contributed by atoms with E-state index in [1.807, 2.05) is 12.1 Å². The van der Waals surface area contributed by atoms with E-state index in [-0.39, 0.29) is 6.61 Å². The van der Waals surface area contributed by atoms with Crippen molar-refractivity contribution in [1.82, 2.24) is 0 Å². The summed E-state index contributed by atoms with van der Waals surface area (Å²) in [6.07, 6.45) is 6.59. The van der Waals surface area contributed by atoms with Crippen LogP contribution in [0.4, 0.5) is 0 Å². The lowest BCUT2D eigenvalue weighted by Crippen LogP contribution is -2.41. The summed E-state index contributed by atoms with van der Waals surface area (Å²) in [6.45, 7) is 4.85. The van der Waals surface area contributed by atoms with E-state index in [9.17, 15) is 9.59 Å². The van der Waals surface area contributed by atoms with Crippen LogP contribution >= 0.6 is 0 Å². The quantitative estimate of drug-likeness (QED) is 0.311. The molecule has 0 aromatic heterocycles. The number of hydrogen-bond acceptors (Lipinski definition) is 5. The fourth-order valence-electron chi connectivity index (χ4n) is 2.86. The van der Waals surface area contributed by atoms with Crippen molar-refractivity contribution in [3.8, 4) is 11.8 Å². The van der Waals surface area contributed by atoms with Crippen molar-refractivity contribution in [3.05, 3.63) is 47.5 Å². The van der Waals surface area contributed by atoms with Crippen LogP contribution in [-0.2, 0) is 30.2 Å². The van der Waals surface area contributed by atoms with E-state index in [1.54, 1.807) is 12.2 Å². The largest absolute Gasteiger partial charge is 0.463 e. The highest BCUT2D eigenvalue weighted by Crippen LogP contribution is 2.17. The SMILES string of the molecule is CCCCCc1ccc(C#C[C@@H]2C=C[C@H](OC(C)=O)[C@@H](COC(C)=O)O2)cc1. The zero-order valence-electron chi connectivity index (χ0n) is 16.8. The second kappa shape index (κ2) is 11.3. The number of rotatable bonds is 7. The van der Waals surface area contributed by atoms with Crippen molar-refractivity contribution in [2.75, 3.05) is 6.61 Å². The third kappa shape index (κ3) is 7.58. The Morgan fingerprint density at radius 1 is 1.07 bits per heavy atom. The second-order valence-corrected chi connectivity index (χ2v) is 6.78. The molecular formula is C23H28O5. The number of carbonyl (C=O) groups is 2. The van der Waals surface area contributed by atoms with E-state index >= 15 is 0 Å². The first-order valence-electron chi connectivity index (χ1n) is 9.72. The Kier molecular flexibility index (Phi) is 8.77. The van der Waals surface area contributed by atoms with Crippen LogP contribution in [0.1, 0.15) is 51.2 Å². The molecule has 28 heavy (non-hydrogen) atoms. The highest BCUT2D eigenvalue weighted by molar-refractivity contribution is 5.67. The molecule has 0 radical (unpaired) electrons. The summed E-state index contributed by atoms with van der Waals surface area (Å²) in [5.74, 6) is 5.33. The van der Waals surface area contributed by atoms with Gasteiger partial charge < -0.3 is 14.2 Å². The van der Waals surface area contributed by atoms with Gasteiger partial charge in [0, 0.05) is 19.4 Å². The molecule has 2 rings (SSSR count). The van der Waals surface area contributed by atoms with Crippen molar-refractivity contribution in [1.29, 1.82) is 0 Å². The molecule has 0 amide bonds. The van der Waals surface area contributed by atoms with E-state index < -0.39 is 30.3 Å². The summed E-state index contributed by atoms with van der Waals surface area (Å²) >= 11 is 0. The van der Waals surface area contributed by atoms with Gasteiger partial charge in [0.1, 0.15) is 24.9 Å². The Morgan fingerprint density at radius 2 is 1.82 bits per heavy atom. The van der Waals surface area contributed by atoms with Gasteiger partial charge in [0.2, 0.25) is 0 Å². The van der Waals surface area contributed by atoms with Gasteiger partial charge in [-0.2, -0.15) is 0 Å². The maximum atomic E-state index is 11.3. The van der Waals surface area contributed by atoms with Crippen molar-refractivity contribution in [2.45, 2.75) is 64.8 Å². The Morgan fingerprint density at radius 3 is 2.46 bits per heavy atom. The molecule has 1 heterocycles. The number of esters is 2. The normalized spacial score (nSPS) is 20.8. The predicted molar refractivity (Wildman–Crippen MR) is 107 cm³/mol. The molecule has 0 fully saturated rings. The average molecular weight is 384 g/mol. The van der Waals surface area contributed by atoms with Crippen molar-refractivity contribution in [3.63, 3.8) is 0 Å². The fraction of sp³-hybridized carbons (Fsp3) is 0.478. The molecule has 1 aromatic rings. The molecule has 1 aliphatic heterocycles. The molecule has 1 aliphatic rings. The molecule has 0 aliphatic carbocycles. The molecule has 1 aromatic carbocycles. The topological polar surface area (TPSA) is 61.8 Å². The number of benzene rings is 1. The Bertz CT molecular complexity index is 738. The van der Waals surface area contributed by atoms with Gasteiger partial charge in [-0.25, -0.2) is 0 Å². The van der Waals surface area contributed by atoms with E-state index in [0.29, 0.717) is 0 Å². The molecule has 0 saturated heterocycles. The third-order valence-electron chi connectivity index (χ3n) is 4.30. The number of aryl methyl sites for hydroxylation is 1. The zero-order chi connectivity index (χ0) is 20.4. The summed E-state index contributed by atoms with van der Waals surface area (Å²) in [5.41, 5.74) is 2.23. The molecule has 0 saturated carbocycles. The van der Waals surface area contributed by atoms with Crippen molar-refractivity contribution >= 4 is 11.9 Å². The van der Waals surface area contributed by atoms with E-state index in [0.717, 1.165) is 12.0 Å². The van der Waals surface area contributed by atoms with Gasteiger partial charge >= 0.3 is 11.9 Å². The molecule has 0 N–H and O–H groups in total. The molecule has 5 nitrogen and oxygen atoms in total. The lowest BCUT2D eigenvalue weighted by atomic mass is 10.1. The van der Waals surface area contributed by atoms with Crippen LogP contribution in [-0.4, -0.2) is 36.9 Å². The minimum atomic E-state index is -0.600. The van der Waals surface area contributed by atoms with Gasteiger partial charge in [-0.05, 0) is 42.7 Å². The summed E-state index contributed by atoms with van der Waals surface area (Å²) in [6, 6.07) is 8.24. The highest BCUT2D eigenvalue weighted by Gasteiger charge is 2.29. The Labute approximate surface area is 167 Å². The molecule has 150 valence electrons. The predicted octanol–water partition coefficient (Wildman–Crippen LogP) is 3.59. The third-order valence-corrected chi connectivity index (χ3v) is 4.30. The van der Waals surface area contributed by atoms with E-state index in [4.69, 9.17) is 14.2 Å². The highest BCUT2D eigenvalue weighted by atomic mass is 16.6. The average Bonchev–Trinajstić information content (AvgIpc) is 2.67. The monoisotopic (exact) mass is 384 g/mol. The standard InChI is InChI=1S/C23H28O5/c1-4-5-6-7-19-8-10-20(11-9-19)12-13-21-14-15-22(27-18(3)25)23(28-21)16-26-17(2)24/h8-11,14-15,21-23H,4-7,16H2,1-3H3/t21-,22+,23-/m1/s1. The van der Waals surface area contributed by atoms with Gasteiger partial charge in [-0.1, -0.05) is 43.7 Å². The maximum absolute atomic E-state index is 11.3. The summed E-state index contributed by atoms with van der Waals surface area (Å²) < 4.78 is 16.1. The van der Waals surface area contributed by atoms with Crippen LogP contribution in [0.2, 0.25) is 0 Å². The first kappa shape index (κ1) is 21.7. The van der Waals surface area contributed by atoms with Gasteiger partial charge in [-0.3, -0.25) is 9.59 Å². The first-order chi connectivity index (χ1) is 13.5. The zero-order valence-corrected chi connectivity index (χ0v) is 16.8. The number of ether oxygens (including phenoxy) is 3. The van der Waals surface area contributed by atoms with Crippen LogP contribution in [0.15, 0.2) is 36.4 Å². The minimum Gasteiger partial charge on any atom is -0.463 e. The van der Waals surface area contributed by atoms with Gasteiger partial charge in [0.15, 0.2) is 0 Å². The van der Waals surface area contributed by atoms with E-state index in [1.165, 1.54) is 38.7 Å². The van der Waals surface area contributed by atoms with Gasteiger partial charge in [0.05, 0.1) is 0 Å². The minimum absolute atomic E-state index is 0.00224. The van der Waals surface area contributed by atoms with E-state index in [2.05, 4.69) is 30.9 Å². The molecular weight excluding hydrogens is 356 g/mol. The summed E-state index contributed by atoms with van der Waals surface area (Å²) in [5, 5.41) is 0. The number of hydrogen-bond donors (Lipinski definition) is 0. The Balaban J connectivity index is 1.99. The molecule has 5 heteroatoms.